The molecule has 0 aliphatic heterocycles. The zero-order valence-corrected chi connectivity index (χ0v) is 12.6. The largest absolute Gasteiger partial charge is 0.326 e. The van der Waals surface area contributed by atoms with Gasteiger partial charge in [-0.2, -0.15) is 0 Å². The molecule has 21 heavy (non-hydrogen) atoms. The number of benzene rings is 2. The second-order valence-electron chi connectivity index (χ2n) is 4.31. The van der Waals surface area contributed by atoms with Crippen LogP contribution in [0.15, 0.2) is 42.5 Å². The lowest BCUT2D eigenvalue weighted by Crippen LogP contribution is -2.16. The van der Waals surface area contributed by atoms with Gasteiger partial charge in [0.2, 0.25) is 5.91 Å². The highest BCUT2D eigenvalue weighted by molar-refractivity contribution is 6.36. The third-order valence-corrected chi connectivity index (χ3v) is 3.21. The van der Waals surface area contributed by atoms with Crippen LogP contribution in [-0.2, 0) is 4.79 Å². The molecule has 0 aliphatic rings. The van der Waals surface area contributed by atoms with Gasteiger partial charge in [0, 0.05) is 11.9 Å². The molecule has 2 aromatic rings. The standard InChI is InChI=1S/C15H12Cl2N2O2/c1-9(20)18-13-5-3-2-4-11(13)15(21)19-14-7-6-10(16)8-12(14)17/h2-8H,1H3,(H,18,20)(H,19,21). The van der Waals surface area contributed by atoms with Crippen LogP contribution in [0.2, 0.25) is 10.0 Å². The van der Waals surface area contributed by atoms with Crippen LogP contribution < -0.4 is 10.6 Å². The predicted octanol–water partition coefficient (Wildman–Crippen LogP) is 4.20. The van der Waals surface area contributed by atoms with Crippen molar-refractivity contribution in [2.45, 2.75) is 6.92 Å². The molecule has 4 nitrogen and oxygen atoms in total. The lowest BCUT2D eigenvalue weighted by molar-refractivity contribution is -0.114. The molecule has 6 heteroatoms. The lowest BCUT2D eigenvalue weighted by atomic mass is 10.1. The van der Waals surface area contributed by atoms with Crippen molar-refractivity contribution >= 4 is 46.4 Å². The Morgan fingerprint density at radius 1 is 0.952 bits per heavy atom. The fourth-order valence-electron chi connectivity index (χ4n) is 1.76. The molecule has 0 spiro atoms. The van der Waals surface area contributed by atoms with Gasteiger partial charge in [-0.3, -0.25) is 9.59 Å². The molecule has 2 rings (SSSR count). The Morgan fingerprint density at radius 3 is 2.33 bits per heavy atom. The smallest absolute Gasteiger partial charge is 0.257 e. The molecule has 0 heterocycles. The van der Waals surface area contributed by atoms with Gasteiger partial charge >= 0.3 is 0 Å². The summed E-state index contributed by atoms with van der Waals surface area (Å²) in [7, 11) is 0. The third kappa shape index (κ3) is 3.97. The first kappa shape index (κ1) is 15.4. The zero-order valence-electron chi connectivity index (χ0n) is 11.1. The molecule has 0 radical (unpaired) electrons. The van der Waals surface area contributed by atoms with E-state index in [0.717, 1.165) is 0 Å². The molecule has 0 bridgehead atoms. The van der Waals surface area contributed by atoms with Crippen molar-refractivity contribution in [2.75, 3.05) is 10.6 Å². The molecule has 108 valence electrons. The van der Waals surface area contributed by atoms with Crippen molar-refractivity contribution in [3.05, 3.63) is 58.1 Å². The molecule has 0 aliphatic carbocycles. The number of para-hydroxylation sites is 1. The zero-order chi connectivity index (χ0) is 15.4. The quantitative estimate of drug-likeness (QED) is 0.889. The van der Waals surface area contributed by atoms with Gasteiger partial charge in [0.1, 0.15) is 0 Å². The average Bonchev–Trinajstić information content (AvgIpc) is 2.42. The Morgan fingerprint density at radius 2 is 1.67 bits per heavy atom. The van der Waals surface area contributed by atoms with Crippen molar-refractivity contribution in [3.63, 3.8) is 0 Å². The van der Waals surface area contributed by atoms with E-state index in [1.807, 2.05) is 0 Å². The van der Waals surface area contributed by atoms with E-state index in [0.29, 0.717) is 27.0 Å². The minimum Gasteiger partial charge on any atom is -0.326 e. The van der Waals surface area contributed by atoms with E-state index >= 15 is 0 Å². The van der Waals surface area contributed by atoms with Crippen LogP contribution in [0.5, 0.6) is 0 Å². The second kappa shape index (κ2) is 6.61. The van der Waals surface area contributed by atoms with E-state index in [9.17, 15) is 9.59 Å². The summed E-state index contributed by atoms with van der Waals surface area (Å²) in [4.78, 5) is 23.5. The molecule has 2 N–H and O–H groups in total. The van der Waals surface area contributed by atoms with Crippen LogP contribution in [-0.4, -0.2) is 11.8 Å². The molecule has 2 amide bonds. The number of carbonyl (C=O) groups is 2. The van der Waals surface area contributed by atoms with Crippen LogP contribution in [0, 0.1) is 0 Å². The number of amides is 2. The molecule has 0 aromatic heterocycles. The number of anilines is 2. The third-order valence-electron chi connectivity index (χ3n) is 2.66. The van der Waals surface area contributed by atoms with Gasteiger partial charge < -0.3 is 10.6 Å². The number of hydrogen-bond acceptors (Lipinski definition) is 2. The Balaban J connectivity index is 2.26. The highest BCUT2D eigenvalue weighted by Gasteiger charge is 2.13. The maximum atomic E-state index is 12.3. The first-order valence-electron chi connectivity index (χ1n) is 6.10. The van der Waals surface area contributed by atoms with Gasteiger partial charge in [-0.05, 0) is 30.3 Å². The Bertz CT molecular complexity index is 702. The summed E-state index contributed by atoms with van der Waals surface area (Å²) in [5.41, 5.74) is 1.23. The first-order valence-corrected chi connectivity index (χ1v) is 6.86. The van der Waals surface area contributed by atoms with Crippen LogP contribution in [0.1, 0.15) is 17.3 Å². The van der Waals surface area contributed by atoms with Crippen molar-refractivity contribution in [3.8, 4) is 0 Å². The average molecular weight is 323 g/mol. The Labute approximate surface area is 132 Å². The fourth-order valence-corrected chi connectivity index (χ4v) is 2.22. The maximum absolute atomic E-state index is 12.3. The number of halogens is 2. The monoisotopic (exact) mass is 322 g/mol. The van der Waals surface area contributed by atoms with Gasteiger partial charge in [0.25, 0.3) is 5.91 Å². The number of hydrogen-bond donors (Lipinski definition) is 2. The van der Waals surface area contributed by atoms with Gasteiger partial charge in [-0.1, -0.05) is 35.3 Å². The van der Waals surface area contributed by atoms with Crippen LogP contribution in [0.25, 0.3) is 0 Å². The van der Waals surface area contributed by atoms with E-state index in [2.05, 4.69) is 10.6 Å². The van der Waals surface area contributed by atoms with Crippen molar-refractivity contribution in [1.82, 2.24) is 0 Å². The summed E-state index contributed by atoms with van der Waals surface area (Å²) in [5, 5.41) is 6.12. The van der Waals surface area contributed by atoms with Crippen molar-refractivity contribution in [2.24, 2.45) is 0 Å². The topological polar surface area (TPSA) is 58.2 Å². The highest BCUT2D eigenvalue weighted by atomic mass is 35.5. The normalized spacial score (nSPS) is 10.0. The lowest BCUT2D eigenvalue weighted by Gasteiger charge is -2.11. The minimum atomic E-state index is -0.372. The number of nitrogens with one attached hydrogen (secondary N) is 2. The Hall–Kier alpha value is -2.04. The Kier molecular flexibility index (Phi) is 4.83. The van der Waals surface area contributed by atoms with Crippen molar-refractivity contribution in [1.29, 1.82) is 0 Å². The van der Waals surface area contributed by atoms with E-state index < -0.39 is 0 Å². The highest BCUT2D eigenvalue weighted by Crippen LogP contribution is 2.26. The van der Waals surface area contributed by atoms with Gasteiger partial charge in [-0.25, -0.2) is 0 Å². The van der Waals surface area contributed by atoms with Gasteiger partial charge in [0.15, 0.2) is 0 Å². The molecule has 0 atom stereocenters. The second-order valence-corrected chi connectivity index (χ2v) is 5.15. The van der Waals surface area contributed by atoms with E-state index in [4.69, 9.17) is 23.2 Å². The summed E-state index contributed by atoms with van der Waals surface area (Å²) in [5.74, 6) is -0.622. The summed E-state index contributed by atoms with van der Waals surface area (Å²) in [6, 6.07) is 11.5. The van der Waals surface area contributed by atoms with Crippen molar-refractivity contribution < 1.29 is 9.59 Å². The van der Waals surface area contributed by atoms with Crippen LogP contribution in [0.3, 0.4) is 0 Å². The number of carbonyl (C=O) groups excluding carboxylic acids is 2. The molecule has 0 fully saturated rings. The molecular weight excluding hydrogens is 311 g/mol. The molecule has 0 saturated heterocycles. The minimum absolute atomic E-state index is 0.250. The molecule has 2 aromatic carbocycles. The summed E-state index contributed by atoms with van der Waals surface area (Å²) < 4.78 is 0. The molecule has 0 unspecified atom stereocenters. The SMILES string of the molecule is CC(=O)Nc1ccccc1C(=O)Nc1ccc(Cl)cc1Cl. The van der Waals surface area contributed by atoms with Gasteiger partial charge in [0.05, 0.1) is 22.0 Å². The van der Waals surface area contributed by atoms with Gasteiger partial charge in [-0.15, -0.1) is 0 Å². The first-order chi connectivity index (χ1) is 9.97. The van der Waals surface area contributed by atoms with Crippen LogP contribution in [0.4, 0.5) is 11.4 Å². The maximum Gasteiger partial charge on any atom is 0.257 e. The fraction of sp³-hybridized carbons (Fsp3) is 0.0667. The number of rotatable bonds is 3. The summed E-state index contributed by atoms with van der Waals surface area (Å²) >= 11 is 11.8. The van der Waals surface area contributed by atoms with Crippen LogP contribution >= 0.6 is 23.2 Å². The molecule has 0 saturated carbocycles. The van der Waals surface area contributed by atoms with E-state index in [1.54, 1.807) is 42.5 Å². The summed E-state index contributed by atoms with van der Waals surface area (Å²) in [6.45, 7) is 1.38. The van der Waals surface area contributed by atoms with E-state index in [-0.39, 0.29) is 11.8 Å². The molecular formula is C15H12Cl2N2O2. The van der Waals surface area contributed by atoms with E-state index in [1.165, 1.54) is 6.92 Å². The predicted molar refractivity (Wildman–Crippen MR) is 85.2 cm³/mol. The summed E-state index contributed by atoms with van der Waals surface area (Å²) in [6.07, 6.45) is 0.